The Kier molecular flexibility index (Phi) is 7.31. The van der Waals surface area contributed by atoms with Gasteiger partial charge in [0.15, 0.2) is 5.96 Å². The second-order valence-corrected chi connectivity index (χ2v) is 6.82. The minimum atomic E-state index is -0.0917. The summed E-state index contributed by atoms with van der Waals surface area (Å²) in [5.74, 6) is 0.703. The molecular weight excluding hydrogens is 403 g/mol. The summed E-state index contributed by atoms with van der Waals surface area (Å²) in [7, 11) is 0. The maximum atomic E-state index is 11.7. The number of guanidine groups is 1. The molecule has 1 fully saturated rings. The van der Waals surface area contributed by atoms with Gasteiger partial charge in [-0.3, -0.25) is 4.79 Å². The van der Waals surface area contributed by atoms with Crippen LogP contribution in [0.25, 0.3) is 0 Å². The molecule has 0 atom stereocenters. The van der Waals surface area contributed by atoms with E-state index in [1.165, 1.54) is 0 Å². The third-order valence-electron chi connectivity index (χ3n) is 3.47. The second kappa shape index (κ2) is 8.52. The largest absolute Gasteiger partial charge is 0.370 e. The molecule has 6 heteroatoms. The third-order valence-corrected chi connectivity index (χ3v) is 3.47. The fourth-order valence-electron chi connectivity index (χ4n) is 2.52. The number of likely N-dealkylation sites (tertiary alicyclic amines) is 1. The van der Waals surface area contributed by atoms with Gasteiger partial charge in [0.05, 0.1) is 6.54 Å². The summed E-state index contributed by atoms with van der Waals surface area (Å²) in [5, 5.41) is 3.14. The zero-order valence-electron chi connectivity index (χ0n) is 14.1. The number of aliphatic imine (C=N–C) groups is 1. The molecule has 0 spiro atoms. The van der Waals surface area contributed by atoms with Gasteiger partial charge in [-0.1, -0.05) is 24.3 Å². The van der Waals surface area contributed by atoms with Crippen LogP contribution in [0.3, 0.4) is 0 Å². The highest BCUT2D eigenvalue weighted by Gasteiger charge is 2.19. The van der Waals surface area contributed by atoms with Crippen molar-refractivity contribution in [3.05, 3.63) is 35.4 Å². The van der Waals surface area contributed by atoms with Crippen molar-refractivity contribution in [2.75, 3.05) is 6.54 Å². The summed E-state index contributed by atoms with van der Waals surface area (Å²) in [6.45, 7) is 8.22. The Balaban J connectivity index is 0.00000264. The van der Waals surface area contributed by atoms with E-state index in [-0.39, 0.29) is 35.4 Å². The average molecular weight is 430 g/mol. The molecule has 1 aliphatic heterocycles. The fraction of sp³-hybridized carbons (Fsp3) is 0.529. The standard InChI is InChI=1S/C17H26N4O.HI/c1-17(2,3)20-16(18)19-11-13-6-4-7-14(10-13)12-21-9-5-8-15(21)22;/h4,6-7,10H,5,8-9,11-12H2,1-3H3,(H3,18,19,20);1H. The predicted molar refractivity (Wildman–Crippen MR) is 105 cm³/mol. The van der Waals surface area contributed by atoms with Crippen LogP contribution >= 0.6 is 24.0 Å². The highest BCUT2D eigenvalue weighted by Crippen LogP contribution is 2.15. The maximum Gasteiger partial charge on any atom is 0.222 e. The Morgan fingerprint density at radius 1 is 1.35 bits per heavy atom. The lowest BCUT2D eigenvalue weighted by atomic mass is 10.1. The fourth-order valence-corrected chi connectivity index (χ4v) is 2.52. The first-order chi connectivity index (χ1) is 10.3. The Labute approximate surface area is 155 Å². The van der Waals surface area contributed by atoms with Gasteiger partial charge in [0.2, 0.25) is 5.91 Å². The van der Waals surface area contributed by atoms with Crippen LogP contribution in [-0.2, 0) is 17.9 Å². The summed E-state index contributed by atoms with van der Waals surface area (Å²) in [5.41, 5.74) is 8.03. The Morgan fingerprint density at radius 2 is 2.04 bits per heavy atom. The smallest absolute Gasteiger partial charge is 0.222 e. The SMILES string of the molecule is CC(C)(C)NC(N)=NCc1cccc(CN2CCCC2=O)c1.I. The molecule has 1 aliphatic rings. The van der Waals surface area contributed by atoms with Crippen LogP contribution < -0.4 is 11.1 Å². The number of benzene rings is 1. The lowest BCUT2D eigenvalue weighted by Gasteiger charge is -2.21. The monoisotopic (exact) mass is 430 g/mol. The van der Waals surface area contributed by atoms with Crippen molar-refractivity contribution in [3.63, 3.8) is 0 Å². The zero-order chi connectivity index (χ0) is 16.2. The molecule has 2 rings (SSSR count). The summed E-state index contributed by atoms with van der Waals surface area (Å²) in [6.07, 6.45) is 1.65. The van der Waals surface area contributed by atoms with Crippen molar-refractivity contribution in [1.29, 1.82) is 0 Å². The average Bonchev–Trinajstić information content (AvgIpc) is 2.81. The third kappa shape index (κ3) is 6.76. The zero-order valence-corrected chi connectivity index (χ0v) is 16.5. The van der Waals surface area contributed by atoms with Crippen molar-refractivity contribution < 1.29 is 4.79 Å². The number of carbonyl (C=O) groups is 1. The van der Waals surface area contributed by atoms with E-state index in [1.54, 1.807) is 0 Å². The molecular formula is C17H27IN4O. The van der Waals surface area contributed by atoms with E-state index in [0.717, 1.165) is 24.1 Å². The van der Waals surface area contributed by atoms with Crippen LogP contribution in [0.4, 0.5) is 0 Å². The lowest BCUT2D eigenvalue weighted by molar-refractivity contribution is -0.128. The number of nitrogens with two attached hydrogens (primary N) is 1. The molecule has 128 valence electrons. The van der Waals surface area contributed by atoms with Gasteiger partial charge in [0.1, 0.15) is 0 Å². The Bertz CT molecular complexity index is 566. The van der Waals surface area contributed by atoms with E-state index in [1.807, 2.05) is 37.8 Å². The number of rotatable bonds is 4. The van der Waals surface area contributed by atoms with E-state index >= 15 is 0 Å². The molecule has 23 heavy (non-hydrogen) atoms. The number of amides is 1. The van der Waals surface area contributed by atoms with Gasteiger partial charge in [-0.15, -0.1) is 24.0 Å². The minimum Gasteiger partial charge on any atom is -0.370 e. The van der Waals surface area contributed by atoms with Gasteiger partial charge in [0, 0.05) is 25.0 Å². The van der Waals surface area contributed by atoms with Gasteiger partial charge in [-0.25, -0.2) is 4.99 Å². The molecule has 1 aromatic rings. The van der Waals surface area contributed by atoms with Gasteiger partial charge in [-0.05, 0) is 38.3 Å². The van der Waals surface area contributed by atoms with E-state index in [4.69, 9.17) is 5.73 Å². The number of carbonyl (C=O) groups excluding carboxylic acids is 1. The number of halogens is 1. The summed E-state index contributed by atoms with van der Waals surface area (Å²) < 4.78 is 0. The van der Waals surface area contributed by atoms with Crippen molar-refractivity contribution in [2.45, 2.75) is 52.2 Å². The van der Waals surface area contributed by atoms with E-state index in [0.29, 0.717) is 25.5 Å². The number of hydrogen-bond donors (Lipinski definition) is 2. The predicted octanol–water partition coefficient (Wildman–Crippen LogP) is 2.63. The van der Waals surface area contributed by atoms with Gasteiger partial charge < -0.3 is 16.0 Å². The van der Waals surface area contributed by atoms with Crippen LogP contribution in [0.15, 0.2) is 29.3 Å². The molecule has 0 aromatic heterocycles. The molecule has 5 nitrogen and oxygen atoms in total. The first-order valence-corrected chi connectivity index (χ1v) is 7.77. The van der Waals surface area contributed by atoms with Crippen LogP contribution in [0.5, 0.6) is 0 Å². The highest BCUT2D eigenvalue weighted by atomic mass is 127. The Morgan fingerprint density at radius 3 is 2.65 bits per heavy atom. The van der Waals surface area contributed by atoms with E-state index < -0.39 is 0 Å². The highest BCUT2D eigenvalue weighted by molar-refractivity contribution is 14.0. The molecule has 0 unspecified atom stereocenters. The minimum absolute atomic E-state index is 0. The van der Waals surface area contributed by atoms with Crippen LogP contribution in [0.2, 0.25) is 0 Å². The molecule has 1 heterocycles. The first kappa shape index (κ1) is 19.7. The second-order valence-electron chi connectivity index (χ2n) is 6.82. The molecule has 0 aliphatic carbocycles. The van der Waals surface area contributed by atoms with Crippen molar-refractivity contribution in [1.82, 2.24) is 10.2 Å². The van der Waals surface area contributed by atoms with Crippen LogP contribution in [0.1, 0.15) is 44.7 Å². The first-order valence-electron chi connectivity index (χ1n) is 7.77. The molecule has 1 aromatic carbocycles. The van der Waals surface area contributed by atoms with Gasteiger partial charge in [0.25, 0.3) is 0 Å². The van der Waals surface area contributed by atoms with Gasteiger partial charge >= 0.3 is 0 Å². The maximum absolute atomic E-state index is 11.7. The molecule has 0 radical (unpaired) electrons. The quantitative estimate of drug-likeness (QED) is 0.439. The summed E-state index contributed by atoms with van der Waals surface area (Å²) in [6, 6.07) is 8.19. The van der Waals surface area contributed by atoms with Crippen molar-refractivity contribution in [2.24, 2.45) is 10.7 Å². The summed E-state index contributed by atoms with van der Waals surface area (Å²) >= 11 is 0. The molecule has 3 N–H and O–H groups in total. The summed E-state index contributed by atoms with van der Waals surface area (Å²) in [4.78, 5) is 18.0. The number of nitrogens with one attached hydrogen (secondary N) is 1. The normalized spacial score (nSPS) is 15.5. The van der Waals surface area contributed by atoms with Crippen molar-refractivity contribution in [3.8, 4) is 0 Å². The molecule has 1 saturated heterocycles. The molecule has 0 saturated carbocycles. The molecule has 0 bridgehead atoms. The van der Waals surface area contributed by atoms with E-state index in [2.05, 4.69) is 22.4 Å². The number of nitrogens with zero attached hydrogens (tertiary/aromatic N) is 2. The van der Waals surface area contributed by atoms with Gasteiger partial charge in [-0.2, -0.15) is 0 Å². The topological polar surface area (TPSA) is 70.7 Å². The van der Waals surface area contributed by atoms with Crippen LogP contribution in [0, 0.1) is 0 Å². The van der Waals surface area contributed by atoms with Crippen molar-refractivity contribution >= 4 is 35.8 Å². The molecule has 1 amide bonds. The number of hydrogen-bond acceptors (Lipinski definition) is 2. The Hall–Kier alpha value is -1.31. The lowest BCUT2D eigenvalue weighted by Crippen LogP contribution is -2.44. The van der Waals surface area contributed by atoms with Crippen LogP contribution in [-0.4, -0.2) is 28.9 Å². The van der Waals surface area contributed by atoms with E-state index in [9.17, 15) is 4.79 Å².